The zero-order chi connectivity index (χ0) is 11.6. The second-order valence-corrected chi connectivity index (χ2v) is 3.12. The van der Waals surface area contributed by atoms with Gasteiger partial charge in [0.2, 0.25) is 0 Å². The Labute approximate surface area is 88.7 Å². The lowest BCUT2D eigenvalue weighted by atomic mass is 9.88. The standard InChI is InChI=1S/C6H14O3.C3H3N3/c1-2-6(3-7,4-8)5-9;1-4-2-6-3-5-1/h7-9H,2-5H2,1H3;1-3H. The molecule has 0 radical (unpaired) electrons. The van der Waals surface area contributed by atoms with Crippen molar-refractivity contribution in [2.45, 2.75) is 13.3 Å². The molecule has 1 aromatic rings. The molecule has 0 atom stereocenters. The Hall–Kier alpha value is -1.11. The van der Waals surface area contributed by atoms with Crippen LogP contribution in [0.15, 0.2) is 19.0 Å². The van der Waals surface area contributed by atoms with E-state index in [1.165, 1.54) is 19.0 Å². The first-order valence-electron chi connectivity index (χ1n) is 4.62. The largest absolute Gasteiger partial charge is 0.396 e. The molecular weight excluding hydrogens is 198 g/mol. The minimum Gasteiger partial charge on any atom is -0.396 e. The van der Waals surface area contributed by atoms with Crippen LogP contribution < -0.4 is 0 Å². The highest BCUT2D eigenvalue weighted by Crippen LogP contribution is 2.18. The van der Waals surface area contributed by atoms with Crippen molar-refractivity contribution in [1.29, 1.82) is 0 Å². The van der Waals surface area contributed by atoms with Crippen LogP contribution in [0.2, 0.25) is 0 Å². The van der Waals surface area contributed by atoms with Crippen molar-refractivity contribution in [3.63, 3.8) is 0 Å². The normalized spacial score (nSPS) is 10.4. The highest BCUT2D eigenvalue weighted by atomic mass is 16.3. The topological polar surface area (TPSA) is 99.4 Å². The third kappa shape index (κ3) is 5.36. The molecule has 0 aromatic carbocycles. The number of rotatable bonds is 4. The molecule has 6 heteroatoms. The second kappa shape index (κ2) is 8.22. The van der Waals surface area contributed by atoms with E-state index < -0.39 is 5.41 Å². The average molecular weight is 215 g/mol. The van der Waals surface area contributed by atoms with E-state index in [0.29, 0.717) is 6.42 Å². The number of nitrogens with zero attached hydrogens (tertiary/aromatic N) is 3. The maximum Gasteiger partial charge on any atom is 0.119 e. The first-order chi connectivity index (χ1) is 7.24. The van der Waals surface area contributed by atoms with Crippen molar-refractivity contribution >= 4 is 0 Å². The Morgan fingerprint density at radius 2 is 1.20 bits per heavy atom. The van der Waals surface area contributed by atoms with Crippen LogP contribution in [0.3, 0.4) is 0 Å². The average Bonchev–Trinajstić information content (AvgIpc) is 2.36. The van der Waals surface area contributed by atoms with Crippen LogP contribution in [0.25, 0.3) is 0 Å². The van der Waals surface area contributed by atoms with Gasteiger partial charge >= 0.3 is 0 Å². The smallest absolute Gasteiger partial charge is 0.119 e. The summed E-state index contributed by atoms with van der Waals surface area (Å²) in [5, 5.41) is 26.0. The van der Waals surface area contributed by atoms with Crippen LogP contribution in [-0.4, -0.2) is 50.1 Å². The van der Waals surface area contributed by atoms with Crippen LogP contribution in [0.4, 0.5) is 0 Å². The van der Waals surface area contributed by atoms with Gasteiger partial charge in [0.15, 0.2) is 0 Å². The lowest BCUT2D eigenvalue weighted by Gasteiger charge is -2.24. The predicted octanol–water partition coefficient (Wildman–Crippen LogP) is -0.769. The summed E-state index contributed by atoms with van der Waals surface area (Å²) in [4.78, 5) is 10.7. The van der Waals surface area contributed by atoms with E-state index in [9.17, 15) is 0 Å². The van der Waals surface area contributed by atoms with Crippen molar-refractivity contribution in [3.05, 3.63) is 19.0 Å². The highest BCUT2D eigenvalue weighted by Gasteiger charge is 2.24. The molecule has 0 aliphatic rings. The Balaban J connectivity index is 0.000000280. The molecule has 3 N–H and O–H groups in total. The Morgan fingerprint density at radius 1 is 0.867 bits per heavy atom. The van der Waals surface area contributed by atoms with Gasteiger partial charge in [-0.2, -0.15) is 0 Å². The molecule has 6 nitrogen and oxygen atoms in total. The van der Waals surface area contributed by atoms with E-state index in [1.807, 2.05) is 6.92 Å². The van der Waals surface area contributed by atoms with Crippen molar-refractivity contribution < 1.29 is 15.3 Å². The van der Waals surface area contributed by atoms with Crippen molar-refractivity contribution in [2.24, 2.45) is 5.41 Å². The van der Waals surface area contributed by atoms with Crippen molar-refractivity contribution in [2.75, 3.05) is 19.8 Å². The van der Waals surface area contributed by atoms with E-state index >= 15 is 0 Å². The quantitative estimate of drug-likeness (QED) is 0.610. The summed E-state index contributed by atoms with van der Waals surface area (Å²) in [6, 6.07) is 0. The van der Waals surface area contributed by atoms with E-state index in [4.69, 9.17) is 15.3 Å². The van der Waals surface area contributed by atoms with Gasteiger partial charge in [-0.15, -0.1) is 0 Å². The third-order valence-electron chi connectivity index (χ3n) is 2.16. The highest BCUT2D eigenvalue weighted by molar-refractivity contribution is 4.74. The van der Waals surface area contributed by atoms with Gasteiger partial charge in [0.25, 0.3) is 0 Å². The summed E-state index contributed by atoms with van der Waals surface area (Å²) >= 11 is 0. The molecule has 0 saturated carbocycles. The molecule has 0 saturated heterocycles. The summed E-state index contributed by atoms with van der Waals surface area (Å²) in [5.74, 6) is 0. The summed E-state index contributed by atoms with van der Waals surface area (Å²) in [7, 11) is 0. The monoisotopic (exact) mass is 215 g/mol. The van der Waals surface area contributed by atoms with Gasteiger partial charge in [-0.25, -0.2) is 15.0 Å². The Kier molecular flexibility index (Phi) is 7.61. The van der Waals surface area contributed by atoms with Crippen LogP contribution in [0, 0.1) is 5.41 Å². The number of aliphatic hydroxyl groups is 3. The molecule has 0 unspecified atom stereocenters. The van der Waals surface area contributed by atoms with Gasteiger partial charge in [0.05, 0.1) is 19.8 Å². The fourth-order valence-corrected chi connectivity index (χ4v) is 0.690. The van der Waals surface area contributed by atoms with Gasteiger partial charge in [-0.05, 0) is 6.42 Å². The SMILES string of the molecule is CCC(CO)(CO)CO.c1ncncn1. The molecule has 1 rings (SSSR count). The summed E-state index contributed by atoms with van der Waals surface area (Å²) in [6.07, 6.45) is 4.91. The van der Waals surface area contributed by atoms with Gasteiger partial charge in [-0.1, -0.05) is 6.92 Å². The maximum atomic E-state index is 8.66. The molecule has 86 valence electrons. The van der Waals surface area contributed by atoms with Crippen LogP contribution in [0.1, 0.15) is 13.3 Å². The van der Waals surface area contributed by atoms with E-state index in [1.54, 1.807) is 0 Å². The Morgan fingerprint density at radius 3 is 1.27 bits per heavy atom. The zero-order valence-corrected chi connectivity index (χ0v) is 8.74. The van der Waals surface area contributed by atoms with Crippen molar-refractivity contribution in [3.8, 4) is 0 Å². The molecule has 0 bridgehead atoms. The lowest BCUT2D eigenvalue weighted by Crippen LogP contribution is -2.32. The van der Waals surface area contributed by atoms with Crippen LogP contribution in [0.5, 0.6) is 0 Å². The lowest BCUT2D eigenvalue weighted by molar-refractivity contribution is 0.00304. The molecule has 0 fully saturated rings. The van der Waals surface area contributed by atoms with E-state index in [2.05, 4.69) is 15.0 Å². The first-order valence-corrected chi connectivity index (χ1v) is 4.62. The molecule has 0 spiro atoms. The second-order valence-electron chi connectivity index (χ2n) is 3.12. The van der Waals surface area contributed by atoms with E-state index in [-0.39, 0.29) is 19.8 Å². The number of hydrogen-bond donors (Lipinski definition) is 3. The molecule has 1 aromatic heterocycles. The molecule has 0 aliphatic carbocycles. The summed E-state index contributed by atoms with van der Waals surface area (Å²) in [5.41, 5.74) is -0.667. The van der Waals surface area contributed by atoms with E-state index in [0.717, 1.165) is 0 Å². The zero-order valence-electron chi connectivity index (χ0n) is 8.74. The number of aliphatic hydroxyl groups excluding tert-OH is 3. The van der Waals surface area contributed by atoms with Crippen LogP contribution >= 0.6 is 0 Å². The molecule has 0 aliphatic heterocycles. The van der Waals surface area contributed by atoms with Gasteiger partial charge in [-0.3, -0.25) is 0 Å². The molecule has 1 heterocycles. The molecule has 15 heavy (non-hydrogen) atoms. The fourth-order valence-electron chi connectivity index (χ4n) is 0.690. The van der Waals surface area contributed by atoms with Crippen LogP contribution in [-0.2, 0) is 0 Å². The van der Waals surface area contributed by atoms with Gasteiger partial charge in [0, 0.05) is 5.41 Å². The number of hydrogen-bond acceptors (Lipinski definition) is 6. The van der Waals surface area contributed by atoms with Gasteiger partial charge < -0.3 is 15.3 Å². The first kappa shape index (κ1) is 13.9. The number of aromatic nitrogens is 3. The fraction of sp³-hybridized carbons (Fsp3) is 0.667. The molecular formula is C9H17N3O3. The third-order valence-corrected chi connectivity index (χ3v) is 2.16. The summed E-state index contributed by atoms with van der Waals surface area (Å²) in [6.45, 7) is 1.35. The maximum absolute atomic E-state index is 8.66. The minimum absolute atomic E-state index is 0.156. The van der Waals surface area contributed by atoms with Gasteiger partial charge in [0.1, 0.15) is 19.0 Å². The predicted molar refractivity (Wildman–Crippen MR) is 53.8 cm³/mol. The minimum atomic E-state index is -0.667. The molecule has 0 amide bonds. The van der Waals surface area contributed by atoms with Crippen molar-refractivity contribution in [1.82, 2.24) is 15.0 Å². The Bertz CT molecular complexity index is 185. The summed E-state index contributed by atoms with van der Waals surface area (Å²) < 4.78 is 0.